The standard InChI is InChI=1S/C28H31Cl2N3O4S/c1-4-31-28(35)25(17-21-12-6-5-7-13-21)32(18-22-14-9-8-11-20(22)2)26(34)19-33(38(3,36)37)24-16-10-15-23(29)27(24)30/h5-16,25H,4,17-19H2,1-3H3,(H,31,35)/t25-/m1/s1. The third-order valence-corrected chi connectivity index (χ3v) is 8.04. The van der Waals surface area contributed by atoms with Crippen LogP contribution in [0.2, 0.25) is 10.0 Å². The average molecular weight is 577 g/mol. The van der Waals surface area contributed by atoms with Gasteiger partial charge in [-0.3, -0.25) is 13.9 Å². The van der Waals surface area contributed by atoms with Gasteiger partial charge in [-0.2, -0.15) is 0 Å². The van der Waals surface area contributed by atoms with Gasteiger partial charge < -0.3 is 10.2 Å². The highest BCUT2D eigenvalue weighted by Gasteiger charge is 2.33. The Morgan fingerprint density at radius 2 is 1.61 bits per heavy atom. The number of sulfonamides is 1. The van der Waals surface area contributed by atoms with Crippen LogP contribution in [-0.4, -0.2) is 50.5 Å². The fourth-order valence-corrected chi connectivity index (χ4v) is 5.40. The van der Waals surface area contributed by atoms with Gasteiger partial charge in [0.05, 0.1) is 22.0 Å². The average Bonchev–Trinajstić information content (AvgIpc) is 2.87. The molecule has 0 saturated carbocycles. The Balaban J connectivity index is 2.08. The summed E-state index contributed by atoms with van der Waals surface area (Å²) in [6.45, 7) is 3.66. The van der Waals surface area contributed by atoms with Crippen LogP contribution in [0.3, 0.4) is 0 Å². The van der Waals surface area contributed by atoms with Crippen LogP contribution in [0, 0.1) is 6.92 Å². The third-order valence-electron chi connectivity index (χ3n) is 6.10. The van der Waals surface area contributed by atoms with E-state index >= 15 is 0 Å². The van der Waals surface area contributed by atoms with Gasteiger partial charge in [0.1, 0.15) is 12.6 Å². The zero-order valence-corrected chi connectivity index (χ0v) is 23.9. The fraction of sp³-hybridized carbons (Fsp3) is 0.286. The molecule has 0 aliphatic rings. The molecule has 3 aromatic carbocycles. The van der Waals surface area contributed by atoms with E-state index in [0.29, 0.717) is 6.54 Å². The summed E-state index contributed by atoms with van der Waals surface area (Å²) in [6, 6.07) is 20.6. The van der Waals surface area contributed by atoms with Gasteiger partial charge in [-0.25, -0.2) is 8.42 Å². The van der Waals surface area contributed by atoms with Crippen LogP contribution in [-0.2, 0) is 32.6 Å². The van der Waals surface area contributed by atoms with Crippen molar-refractivity contribution in [2.75, 3.05) is 23.7 Å². The second kappa shape index (κ2) is 13.1. The number of likely N-dealkylation sites (N-methyl/N-ethyl adjacent to an activating group) is 1. The van der Waals surface area contributed by atoms with Crippen molar-refractivity contribution in [3.63, 3.8) is 0 Å². The zero-order chi connectivity index (χ0) is 27.9. The van der Waals surface area contributed by atoms with E-state index in [0.717, 1.165) is 27.3 Å². The molecule has 202 valence electrons. The summed E-state index contributed by atoms with van der Waals surface area (Å²) in [5.41, 5.74) is 2.74. The number of carbonyl (C=O) groups is 2. The molecule has 3 rings (SSSR count). The summed E-state index contributed by atoms with van der Waals surface area (Å²) in [7, 11) is -3.94. The van der Waals surface area contributed by atoms with E-state index in [1.165, 1.54) is 17.0 Å². The van der Waals surface area contributed by atoms with E-state index in [1.807, 2.05) is 61.5 Å². The number of anilines is 1. The van der Waals surface area contributed by atoms with Crippen molar-refractivity contribution in [1.29, 1.82) is 0 Å². The normalized spacial score (nSPS) is 12.0. The number of aryl methyl sites for hydroxylation is 1. The highest BCUT2D eigenvalue weighted by molar-refractivity contribution is 7.92. The molecular formula is C28H31Cl2N3O4S. The number of nitrogens with one attached hydrogen (secondary N) is 1. The second-order valence-corrected chi connectivity index (χ2v) is 11.6. The molecule has 0 unspecified atom stereocenters. The number of hydrogen-bond acceptors (Lipinski definition) is 4. The van der Waals surface area contributed by atoms with Gasteiger partial charge in [-0.15, -0.1) is 0 Å². The maximum atomic E-state index is 14.0. The summed E-state index contributed by atoms with van der Waals surface area (Å²) >= 11 is 12.5. The molecule has 10 heteroatoms. The lowest BCUT2D eigenvalue weighted by atomic mass is 10.0. The molecule has 0 saturated heterocycles. The first-order valence-corrected chi connectivity index (χ1v) is 14.7. The first-order valence-electron chi connectivity index (χ1n) is 12.1. The van der Waals surface area contributed by atoms with Crippen LogP contribution >= 0.6 is 23.2 Å². The maximum Gasteiger partial charge on any atom is 0.244 e. The quantitative estimate of drug-likeness (QED) is 0.354. The van der Waals surface area contributed by atoms with E-state index in [1.54, 1.807) is 13.0 Å². The van der Waals surface area contributed by atoms with Gasteiger partial charge in [-0.05, 0) is 42.7 Å². The molecular weight excluding hydrogens is 545 g/mol. The van der Waals surface area contributed by atoms with E-state index in [-0.39, 0.29) is 34.6 Å². The summed E-state index contributed by atoms with van der Waals surface area (Å²) in [5.74, 6) is -0.883. The lowest BCUT2D eigenvalue weighted by Crippen LogP contribution is -2.53. The summed E-state index contributed by atoms with van der Waals surface area (Å²) in [5, 5.41) is 3.00. The van der Waals surface area contributed by atoms with Crippen LogP contribution in [0.5, 0.6) is 0 Å². The molecule has 0 heterocycles. The molecule has 2 amide bonds. The van der Waals surface area contributed by atoms with Crippen molar-refractivity contribution in [2.24, 2.45) is 0 Å². The van der Waals surface area contributed by atoms with Crippen LogP contribution in [0.25, 0.3) is 0 Å². The van der Waals surface area contributed by atoms with Gasteiger partial charge >= 0.3 is 0 Å². The zero-order valence-electron chi connectivity index (χ0n) is 21.5. The molecule has 0 aromatic heterocycles. The first kappa shape index (κ1) is 29.5. The molecule has 7 nitrogen and oxygen atoms in total. The van der Waals surface area contributed by atoms with Crippen molar-refractivity contribution in [2.45, 2.75) is 32.9 Å². The third kappa shape index (κ3) is 7.49. The van der Waals surface area contributed by atoms with Crippen molar-refractivity contribution in [3.8, 4) is 0 Å². The summed E-state index contributed by atoms with van der Waals surface area (Å²) in [4.78, 5) is 28.8. The monoisotopic (exact) mass is 575 g/mol. The molecule has 38 heavy (non-hydrogen) atoms. The van der Waals surface area contributed by atoms with Crippen LogP contribution < -0.4 is 9.62 Å². The van der Waals surface area contributed by atoms with Gasteiger partial charge in [0.15, 0.2) is 0 Å². The number of benzene rings is 3. The molecule has 0 fully saturated rings. The molecule has 1 N–H and O–H groups in total. The highest BCUT2D eigenvalue weighted by Crippen LogP contribution is 2.34. The largest absolute Gasteiger partial charge is 0.355 e. The molecule has 0 spiro atoms. The van der Waals surface area contributed by atoms with Gasteiger partial charge in [0.2, 0.25) is 21.8 Å². The highest BCUT2D eigenvalue weighted by atomic mass is 35.5. The van der Waals surface area contributed by atoms with E-state index in [4.69, 9.17) is 23.2 Å². The minimum absolute atomic E-state index is 0.0161. The fourth-order valence-electron chi connectivity index (χ4n) is 4.10. The molecule has 0 radical (unpaired) electrons. The SMILES string of the molecule is CCNC(=O)[C@@H](Cc1ccccc1)N(Cc1ccccc1C)C(=O)CN(c1cccc(Cl)c1Cl)S(C)(=O)=O. The van der Waals surface area contributed by atoms with Gasteiger partial charge in [-0.1, -0.05) is 83.9 Å². The Bertz CT molecular complexity index is 1380. The van der Waals surface area contributed by atoms with Crippen LogP contribution in [0.1, 0.15) is 23.6 Å². The first-order chi connectivity index (χ1) is 18.0. The summed E-state index contributed by atoms with van der Waals surface area (Å²) < 4.78 is 26.6. The van der Waals surface area contributed by atoms with E-state index in [2.05, 4.69) is 5.32 Å². The smallest absolute Gasteiger partial charge is 0.244 e. The van der Waals surface area contributed by atoms with Crippen LogP contribution in [0.15, 0.2) is 72.8 Å². The minimum Gasteiger partial charge on any atom is -0.355 e. The number of hydrogen-bond donors (Lipinski definition) is 1. The van der Waals surface area contributed by atoms with E-state index in [9.17, 15) is 18.0 Å². The number of nitrogens with zero attached hydrogens (tertiary/aromatic N) is 2. The summed E-state index contributed by atoms with van der Waals surface area (Å²) in [6.07, 6.45) is 1.25. The van der Waals surface area contributed by atoms with Crippen molar-refractivity contribution >= 4 is 50.7 Å². The predicted octanol–water partition coefficient (Wildman–Crippen LogP) is 4.84. The minimum atomic E-state index is -3.94. The molecule has 0 aliphatic heterocycles. The van der Waals surface area contributed by atoms with Gasteiger partial charge in [0.25, 0.3) is 0 Å². The lowest BCUT2D eigenvalue weighted by Gasteiger charge is -2.34. The van der Waals surface area contributed by atoms with E-state index < -0.39 is 28.5 Å². The number of rotatable bonds is 11. The van der Waals surface area contributed by atoms with Crippen LogP contribution in [0.4, 0.5) is 5.69 Å². The molecule has 0 aliphatic carbocycles. The number of carbonyl (C=O) groups excluding carboxylic acids is 2. The van der Waals surface area contributed by atoms with Crippen molar-refractivity contribution in [3.05, 3.63) is 99.5 Å². The maximum absolute atomic E-state index is 14.0. The lowest BCUT2D eigenvalue weighted by molar-refractivity contribution is -0.140. The number of halogens is 2. The second-order valence-electron chi connectivity index (χ2n) is 8.89. The predicted molar refractivity (Wildman–Crippen MR) is 153 cm³/mol. The Morgan fingerprint density at radius 3 is 2.24 bits per heavy atom. The Hall–Kier alpha value is -3.07. The topological polar surface area (TPSA) is 86.8 Å². The molecule has 3 aromatic rings. The Kier molecular flexibility index (Phi) is 10.2. The van der Waals surface area contributed by atoms with Crippen molar-refractivity contribution in [1.82, 2.24) is 10.2 Å². The molecule has 0 bridgehead atoms. The Morgan fingerprint density at radius 1 is 0.947 bits per heavy atom. The Labute approximate surface area is 234 Å². The van der Waals surface area contributed by atoms with Crippen molar-refractivity contribution < 1.29 is 18.0 Å². The number of amides is 2. The van der Waals surface area contributed by atoms with Gasteiger partial charge in [0, 0.05) is 19.5 Å². The molecule has 1 atom stereocenters.